The molecule has 0 aliphatic carbocycles. The minimum Gasteiger partial charge on any atom is -0.452 e. The number of aryl methyl sites for hydroxylation is 3. The molecule has 0 heterocycles. The maximum absolute atomic E-state index is 13.5. The average Bonchev–Trinajstić information content (AvgIpc) is 2.54. The number of hydrogen-bond donors (Lipinski definition) is 1. The lowest BCUT2D eigenvalue weighted by molar-refractivity contribution is -0.152. The molecule has 132 valence electrons. The molecule has 1 amide bonds. The molecular formula is C20H22FNO3. The van der Waals surface area contributed by atoms with Crippen molar-refractivity contribution in [3.05, 3.63) is 64.5 Å². The fourth-order valence-electron chi connectivity index (χ4n) is 2.29. The molecule has 1 atom stereocenters. The summed E-state index contributed by atoms with van der Waals surface area (Å²) < 4.78 is 18.7. The van der Waals surface area contributed by atoms with Gasteiger partial charge in [0.1, 0.15) is 5.82 Å². The summed E-state index contributed by atoms with van der Waals surface area (Å²) in [7, 11) is 0. The first-order valence-corrected chi connectivity index (χ1v) is 8.09. The number of esters is 1. The number of carbonyl (C=O) groups excluding carboxylic acids is 2. The highest BCUT2D eigenvalue weighted by Gasteiger charge is 2.18. The summed E-state index contributed by atoms with van der Waals surface area (Å²) in [6.07, 6.45) is -0.874. The second-order valence-electron chi connectivity index (χ2n) is 6.18. The van der Waals surface area contributed by atoms with Gasteiger partial charge in [-0.1, -0.05) is 24.3 Å². The average molecular weight is 343 g/mol. The molecule has 0 aliphatic rings. The molecule has 0 bridgehead atoms. The summed E-state index contributed by atoms with van der Waals surface area (Å²) in [5.41, 5.74) is 3.89. The zero-order chi connectivity index (χ0) is 18.6. The predicted molar refractivity (Wildman–Crippen MR) is 94.9 cm³/mol. The van der Waals surface area contributed by atoms with Crippen LogP contribution in [0.4, 0.5) is 10.1 Å². The first-order chi connectivity index (χ1) is 11.8. The smallest absolute Gasteiger partial charge is 0.311 e. The van der Waals surface area contributed by atoms with Crippen LogP contribution in [-0.4, -0.2) is 18.0 Å². The van der Waals surface area contributed by atoms with Crippen molar-refractivity contribution in [2.75, 3.05) is 5.32 Å². The van der Waals surface area contributed by atoms with E-state index in [1.165, 1.54) is 13.0 Å². The highest BCUT2D eigenvalue weighted by atomic mass is 19.1. The number of ether oxygens (including phenoxy) is 1. The third-order valence-electron chi connectivity index (χ3n) is 4.04. The topological polar surface area (TPSA) is 55.4 Å². The van der Waals surface area contributed by atoms with Gasteiger partial charge >= 0.3 is 5.97 Å². The van der Waals surface area contributed by atoms with E-state index in [1.807, 2.05) is 32.0 Å². The van der Waals surface area contributed by atoms with Crippen LogP contribution in [0, 0.1) is 26.6 Å². The Morgan fingerprint density at radius 3 is 2.36 bits per heavy atom. The van der Waals surface area contributed by atoms with E-state index in [4.69, 9.17) is 4.74 Å². The van der Waals surface area contributed by atoms with Gasteiger partial charge in [0, 0.05) is 5.69 Å². The summed E-state index contributed by atoms with van der Waals surface area (Å²) in [5.74, 6) is -1.39. The summed E-state index contributed by atoms with van der Waals surface area (Å²) in [6.45, 7) is 7.09. The zero-order valence-corrected chi connectivity index (χ0v) is 14.9. The van der Waals surface area contributed by atoms with Gasteiger partial charge < -0.3 is 10.1 Å². The number of anilines is 1. The fourth-order valence-corrected chi connectivity index (χ4v) is 2.29. The van der Waals surface area contributed by atoms with E-state index in [-0.39, 0.29) is 6.42 Å². The molecule has 0 spiro atoms. The quantitative estimate of drug-likeness (QED) is 0.839. The van der Waals surface area contributed by atoms with Crippen LogP contribution in [0.15, 0.2) is 36.4 Å². The Kier molecular flexibility index (Phi) is 5.91. The summed E-state index contributed by atoms with van der Waals surface area (Å²) in [4.78, 5) is 24.1. The first-order valence-electron chi connectivity index (χ1n) is 8.09. The summed E-state index contributed by atoms with van der Waals surface area (Å²) >= 11 is 0. The maximum atomic E-state index is 13.5. The molecule has 0 aliphatic heterocycles. The highest BCUT2D eigenvalue weighted by Crippen LogP contribution is 2.15. The highest BCUT2D eigenvalue weighted by molar-refractivity contribution is 5.95. The molecule has 2 aromatic rings. The van der Waals surface area contributed by atoms with Gasteiger partial charge in [0.15, 0.2) is 6.10 Å². The van der Waals surface area contributed by atoms with Gasteiger partial charge in [-0.05, 0) is 62.1 Å². The van der Waals surface area contributed by atoms with Crippen molar-refractivity contribution in [2.24, 2.45) is 0 Å². The van der Waals surface area contributed by atoms with Crippen LogP contribution in [0.25, 0.3) is 0 Å². The molecule has 1 N–H and O–H groups in total. The van der Waals surface area contributed by atoms with E-state index < -0.39 is 23.8 Å². The van der Waals surface area contributed by atoms with Crippen LogP contribution in [0.2, 0.25) is 0 Å². The second kappa shape index (κ2) is 7.92. The molecule has 0 fully saturated rings. The van der Waals surface area contributed by atoms with E-state index in [1.54, 1.807) is 19.1 Å². The van der Waals surface area contributed by atoms with Crippen LogP contribution < -0.4 is 5.32 Å². The number of rotatable bonds is 5. The standard InChI is InChI=1S/C20H22FNO3/c1-12-5-7-16(9-14(12)3)10-19(23)25-15(4)20(24)22-17-8-6-13(2)18(21)11-17/h5-9,11,15H,10H2,1-4H3,(H,22,24)/t15-/m0/s1. The van der Waals surface area contributed by atoms with Gasteiger partial charge in [0.25, 0.3) is 5.91 Å². The van der Waals surface area contributed by atoms with Gasteiger partial charge in [0.2, 0.25) is 0 Å². The van der Waals surface area contributed by atoms with Crippen LogP contribution in [0.5, 0.6) is 0 Å². The normalized spacial score (nSPS) is 11.7. The summed E-state index contributed by atoms with van der Waals surface area (Å²) in [6, 6.07) is 10.1. The minimum atomic E-state index is -0.969. The van der Waals surface area contributed by atoms with Crippen molar-refractivity contribution in [3.63, 3.8) is 0 Å². The number of benzene rings is 2. The maximum Gasteiger partial charge on any atom is 0.311 e. The molecule has 0 unspecified atom stereocenters. The van der Waals surface area contributed by atoms with Gasteiger partial charge in [0.05, 0.1) is 6.42 Å². The molecule has 0 aromatic heterocycles. The fraction of sp³-hybridized carbons (Fsp3) is 0.300. The van der Waals surface area contributed by atoms with E-state index in [2.05, 4.69) is 5.32 Å². The van der Waals surface area contributed by atoms with Crippen molar-refractivity contribution in [1.29, 1.82) is 0 Å². The van der Waals surface area contributed by atoms with Crippen LogP contribution in [-0.2, 0) is 20.7 Å². The largest absolute Gasteiger partial charge is 0.452 e. The third-order valence-corrected chi connectivity index (χ3v) is 4.04. The number of amides is 1. The molecule has 2 rings (SSSR count). The molecule has 4 nitrogen and oxygen atoms in total. The Morgan fingerprint density at radius 1 is 1.04 bits per heavy atom. The molecule has 25 heavy (non-hydrogen) atoms. The molecule has 0 saturated carbocycles. The minimum absolute atomic E-state index is 0.0951. The van der Waals surface area contributed by atoms with Gasteiger partial charge in [-0.25, -0.2) is 4.39 Å². The zero-order valence-electron chi connectivity index (χ0n) is 14.9. The molecule has 0 saturated heterocycles. The van der Waals surface area contributed by atoms with Crippen molar-refractivity contribution >= 4 is 17.6 Å². The predicted octanol–water partition coefficient (Wildman–Crippen LogP) is 3.86. The Bertz CT molecular complexity index is 802. The van der Waals surface area contributed by atoms with Crippen molar-refractivity contribution in [2.45, 2.75) is 40.2 Å². The molecular weight excluding hydrogens is 321 g/mol. The van der Waals surface area contributed by atoms with Crippen molar-refractivity contribution in [1.82, 2.24) is 0 Å². The van der Waals surface area contributed by atoms with Gasteiger partial charge in [-0.15, -0.1) is 0 Å². The van der Waals surface area contributed by atoms with Gasteiger partial charge in [-0.2, -0.15) is 0 Å². The monoisotopic (exact) mass is 343 g/mol. The lowest BCUT2D eigenvalue weighted by Gasteiger charge is -2.14. The van der Waals surface area contributed by atoms with E-state index >= 15 is 0 Å². The SMILES string of the molecule is Cc1ccc(CC(=O)O[C@@H](C)C(=O)Nc2ccc(C)c(F)c2)cc1C. The van der Waals surface area contributed by atoms with E-state index in [9.17, 15) is 14.0 Å². The van der Waals surface area contributed by atoms with Gasteiger partial charge in [-0.3, -0.25) is 9.59 Å². The Balaban J connectivity index is 1.92. The Hall–Kier alpha value is -2.69. The summed E-state index contributed by atoms with van der Waals surface area (Å²) in [5, 5.41) is 2.54. The lowest BCUT2D eigenvalue weighted by Crippen LogP contribution is -2.30. The number of nitrogens with one attached hydrogen (secondary N) is 1. The molecule has 5 heteroatoms. The second-order valence-corrected chi connectivity index (χ2v) is 6.18. The van der Waals surface area contributed by atoms with Crippen LogP contribution in [0.3, 0.4) is 0 Å². The Morgan fingerprint density at radius 2 is 1.72 bits per heavy atom. The van der Waals surface area contributed by atoms with Crippen LogP contribution in [0.1, 0.15) is 29.2 Å². The number of halogens is 1. The van der Waals surface area contributed by atoms with Crippen molar-refractivity contribution in [3.8, 4) is 0 Å². The number of hydrogen-bond acceptors (Lipinski definition) is 3. The first kappa shape index (κ1) is 18.6. The third kappa shape index (κ3) is 5.14. The van der Waals surface area contributed by atoms with Crippen LogP contribution >= 0.6 is 0 Å². The number of carbonyl (C=O) groups is 2. The van der Waals surface area contributed by atoms with E-state index in [0.29, 0.717) is 11.3 Å². The molecule has 0 radical (unpaired) electrons. The molecule has 2 aromatic carbocycles. The van der Waals surface area contributed by atoms with E-state index in [0.717, 1.165) is 16.7 Å². The van der Waals surface area contributed by atoms with Crippen molar-refractivity contribution < 1.29 is 18.7 Å². The lowest BCUT2D eigenvalue weighted by atomic mass is 10.0. The Labute approximate surface area is 147 Å².